The lowest BCUT2D eigenvalue weighted by Crippen LogP contribution is -2.19. The van der Waals surface area contributed by atoms with Crippen LogP contribution in [0.1, 0.15) is 11.4 Å². The quantitative estimate of drug-likeness (QED) is 0.452. The third-order valence-electron chi connectivity index (χ3n) is 4.63. The van der Waals surface area contributed by atoms with Crippen LogP contribution in [0.3, 0.4) is 0 Å². The van der Waals surface area contributed by atoms with Gasteiger partial charge in [-0.05, 0) is 54.6 Å². The fourth-order valence-electron chi connectivity index (χ4n) is 3.12. The Bertz CT molecular complexity index is 1380. The molecule has 0 bridgehead atoms. The van der Waals surface area contributed by atoms with Crippen LogP contribution >= 0.6 is 11.6 Å². The van der Waals surface area contributed by atoms with Crippen LogP contribution in [-0.4, -0.2) is 25.4 Å². The maximum absolute atomic E-state index is 13.3. The first-order chi connectivity index (χ1) is 14.4. The van der Waals surface area contributed by atoms with E-state index in [4.69, 9.17) is 11.6 Å². The van der Waals surface area contributed by atoms with Crippen LogP contribution in [-0.2, 0) is 10.0 Å². The lowest BCUT2D eigenvalue weighted by atomic mass is 10.1. The van der Waals surface area contributed by atoms with Crippen LogP contribution in [0.15, 0.2) is 65.6 Å². The van der Waals surface area contributed by atoms with Gasteiger partial charge in [-0.1, -0.05) is 48.0 Å². The fraction of sp³-hybridized carbons (Fsp3) is 0.0455. The summed E-state index contributed by atoms with van der Waals surface area (Å²) in [5.74, 6) is 0.143. The van der Waals surface area contributed by atoms with Crippen molar-refractivity contribution in [1.82, 2.24) is 14.7 Å². The number of aromatic nitrogens is 2. The maximum Gasteiger partial charge on any atom is 0.240 e. The van der Waals surface area contributed by atoms with E-state index in [2.05, 4.69) is 14.7 Å². The Morgan fingerprint density at radius 3 is 2.63 bits per heavy atom. The summed E-state index contributed by atoms with van der Waals surface area (Å²) in [6.07, 6.45) is 3.54. The number of sulfonamides is 1. The van der Waals surface area contributed by atoms with E-state index in [-0.39, 0.29) is 9.92 Å². The molecule has 0 aliphatic carbocycles. The summed E-state index contributed by atoms with van der Waals surface area (Å²) in [7, 11) is -2.21. The van der Waals surface area contributed by atoms with Gasteiger partial charge in [0.05, 0.1) is 21.0 Å². The summed E-state index contributed by atoms with van der Waals surface area (Å²) >= 11 is 5.81. The smallest absolute Gasteiger partial charge is 0.240 e. The third kappa shape index (κ3) is 4.00. The molecule has 2 N–H and O–H groups in total. The molecular formula is C22H17ClFN3O2S. The minimum absolute atomic E-state index is 0.0570. The summed E-state index contributed by atoms with van der Waals surface area (Å²) in [5.41, 5.74) is 3.60. The minimum atomic E-state index is -3.60. The second-order valence-corrected chi connectivity index (χ2v) is 8.83. The standard InChI is InChI=1S/C22H17ClFN3O2S/c1-25-30(28,29)21-5-3-2-4-16(21)15-8-10-19-20(13-15)27-22(26-19)11-7-14-6-9-18(24)17(23)12-14/h2-13,25H,1H3,(H,26,27). The molecule has 0 atom stereocenters. The summed E-state index contributed by atoms with van der Waals surface area (Å²) in [6, 6.07) is 16.8. The largest absolute Gasteiger partial charge is 0.338 e. The monoisotopic (exact) mass is 441 g/mol. The first-order valence-corrected chi connectivity index (χ1v) is 10.9. The zero-order chi connectivity index (χ0) is 21.3. The lowest BCUT2D eigenvalue weighted by Gasteiger charge is -2.09. The molecule has 0 radical (unpaired) electrons. The molecule has 0 unspecified atom stereocenters. The van der Waals surface area contributed by atoms with E-state index in [1.54, 1.807) is 42.5 Å². The number of imidazole rings is 1. The molecular weight excluding hydrogens is 425 g/mol. The molecule has 4 rings (SSSR count). The van der Waals surface area contributed by atoms with Crippen molar-refractivity contribution in [2.24, 2.45) is 0 Å². The highest BCUT2D eigenvalue weighted by Crippen LogP contribution is 2.29. The van der Waals surface area contributed by atoms with Gasteiger partial charge in [0.1, 0.15) is 11.6 Å². The zero-order valence-corrected chi connectivity index (χ0v) is 17.4. The van der Waals surface area contributed by atoms with Crippen molar-refractivity contribution in [1.29, 1.82) is 0 Å². The molecule has 0 aliphatic heterocycles. The van der Waals surface area contributed by atoms with E-state index in [0.717, 1.165) is 22.2 Å². The van der Waals surface area contributed by atoms with Gasteiger partial charge >= 0.3 is 0 Å². The second-order valence-electron chi connectivity index (χ2n) is 6.56. The fourth-order valence-corrected chi connectivity index (χ4v) is 4.26. The second kappa shape index (κ2) is 8.02. The number of nitrogens with one attached hydrogen (secondary N) is 2. The molecule has 1 heterocycles. The maximum atomic E-state index is 13.3. The Morgan fingerprint density at radius 1 is 1.07 bits per heavy atom. The predicted octanol–water partition coefficient (Wildman–Crippen LogP) is 5.10. The normalized spacial score (nSPS) is 12.1. The molecule has 0 spiro atoms. The molecule has 30 heavy (non-hydrogen) atoms. The van der Waals surface area contributed by atoms with E-state index in [0.29, 0.717) is 11.4 Å². The topological polar surface area (TPSA) is 74.8 Å². The summed E-state index contributed by atoms with van der Waals surface area (Å²) < 4.78 is 40.4. The average molecular weight is 442 g/mol. The molecule has 0 aliphatic rings. The van der Waals surface area contributed by atoms with Crippen molar-refractivity contribution >= 4 is 44.8 Å². The van der Waals surface area contributed by atoms with Gasteiger partial charge in [0.25, 0.3) is 0 Å². The average Bonchev–Trinajstić information content (AvgIpc) is 3.16. The van der Waals surface area contributed by atoms with E-state index in [1.807, 2.05) is 18.2 Å². The van der Waals surface area contributed by atoms with E-state index < -0.39 is 15.8 Å². The SMILES string of the molecule is CNS(=O)(=O)c1ccccc1-c1ccc2nc(C=Cc3ccc(F)c(Cl)c3)[nH]c2c1. The van der Waals surface area contributed by atoms with Crippen LogP contribution in [0.5, 0.6) is 0 Å². The summed E-state index contributed by atoms with van der Waals surface area (Å²) in [4.78, 5) is 7.92. The van der Waals surface area contributed by atoms with Crippen LogP contribution in [0.4, 0.5) is 4.39 Å². The van der Waals surface area contributed by atoms with Crippen molar-refractivity contribution in [3.63, 3.8) is 0 Å². The van der Waals surface area contributed by atoms with Crippen molar-refractivity contribution in [2.75, 3.05) is 7.05 Å². The van der Waals surface area contributed by atoms with Gasteiger partial charge in [-0.25, -0.2) is 22.5 Å². The van der Waals surface area contributed by atoms with Crippen LogP contribution in [0.2, 0.25) is 5.02 Å². The first-order valence-electron chi connectivity index (χ1n) is 9.03. The lowest BCUT2D eigenvalue weighted by molar-refractivity contribution is 0.588. The summed E-state index contributed by atoms with van der Waals surface area (Å²) in [6.45, 7) is 0. The molecule has 0 saturated heterocycles. The minimum Gasteiger partial charge on any atom is -0.338 e. The molecule has 0 amide bonds. The van der Waals surface area contributed by atoms with E-state index in [9.17, 15) is 12.8 Å². The highest BCUT2D eigenvalue weighted by Gasteiger charge is 2.17. The number of hydrogen-bond acceptors (Lipinski definition) is 3. The van der Waals surface area contributed by atoms with Crippen LogP contribution < -0.4 is 4.72 Å². The molecule has 0 fully saturated rings. The molecule has 3 aromatic carbocycles. The van der Waals surface area contributed by atoms with Gasteiger partial charge < -0.3 is 4.98 Å². The summed E-state index contributed by atoms with van der Waals surface area (Å²) in [5, 5.41) is 0.0570. The number of nitrogens with zero attached hydrogens (tertiary/aromatic N) is 1. The number of halogens is 2. The van der Waals surface area contributed by atoms with Crippen molar-refractivity contribution < 1.29 is 12.8 Å². The Labute approximate surface area is 178 Å². The van der Waals surface area contributed by atoms with Gasteiger partial charge in [-0.15, -0.1) is 0 Å². The van der Waals surface area contributed by atoms with Crippen molar-refractivity contribution in [2.45, 2.75) is 4.90 Å². The number of fused-ring (bicyclic) bond motifs is 1. The third-order valence-corrected chi connectivity index (χ3v) is 6.40. The number of benzene rings is 3. The number of hydrogen-bond donors (Lipinski definition) is 2. The molecule has 1 aromatic heterocycles. The predicted molar refractivity (Wildman–Crippen MR) is 118 cm³/mol. The highest BCUT2D eigenvalue weighted by molar-refractivity contribution is 7.89. The van der Waals surface area contributed by atoms with Crippen LogP contribution in [0, 0.1) is 5.82 Å². The highest BCUT2D eigenvalue weighted by atomic mass is 35.5. The van der Waals surface area contributed by atoms with Gasteiger partial charge in [0.15, 0.2) is 0 Å². The Hall–Kier alpha value is -3.00. The van der Waals surface area contributed by atoms with E-state index in [1.165, 1.54) is 19.2 Å². The zero-order valence-electron chi connectivity index (χ0n) is 15.9. The Morgan fingerprint density at radius 2 is 1.87 bits per heavy atom. The number of rotatable bonds is 5. The van der Waals surface area contributed by atoms with Gasteiger partial charge in [0.2, 0.25) is 10.0 Å². The molecule has 8 heteroatoms. The molecule has 4 aromatic rings. The van der Waals surface area contributed by atoms with Gasteiger partial charge in [-0.3, -0.25) is 0 Å². The Kier molecular flexibility index (Phi) is 5.42. The van der Waals surface area contributed by atoms with E-state index >= 15 is 0 Å². The van der Waals surface area contributed by atoms with Gasteiger partial charge in [-0.2, -0.15) is 0 Å². The molecule has 0 saturated carbocycles. The Balaban J connectivity index is 1.70. The molecule has 5 nitrogen and oxygen atoms in total. The van der Waals surface area contributed by atoms with Gasteiger partial charge in [0, 0.05) is 5.56 Å². The first kappa shape index (κ1) is 20.3. The van der Waals surface area contributed by atoms with Crippen molar-refractivity contribution in [3.05, 3.63) is 82.9 Å². The number of aromatic amines is 1. The van der Waals surface area contributed by atoms with Crippen molar-refractivity contribution in [3.8, 4) is 11.1 Å². The molecule has 152 valence electrons. The van der Waals surface area contributed by atoms with Crippen LogP contribution in [0.25, 0.3) is 34.3 Å². The number of H-pyrrole nitrogens is 1.